The number of hydrogen-bond acceptors (Lipinski definition) is 9. The molecule has 25 heavy (non-hydrogen) atoms. The lowest BCUT2D eigenvalue weighted by Crippen LogP contribution is -2.84. The second kappa shape index (κ2) is 6.50. The van der Waals surface area contributed by atoms with Gasteiger partial charge in [-0.1, -0.05) is 0 Å². The van der Waals surface area contributed by atoms with Crippen LogP contribution in [0.15, 0.2) is 0 Å². The molecule has 0 saturated carbocycles. The van der Waals surface area contributed by atoms with E-state index >= 15 is 4.39 Å². The van der Waals surface area contributed by atoms with Crippen molar-refractivity contribution in [2.45, 2.75) is 63.2 Å². The maximum absolute atomic E-state index is 15.0. The number of hydrogen-bond donors (Lipinski definition) is 5. The van der Waals surface area contributed by atoms with Crippen LogP contribution in [0.3, 0.4) is 0 Å². The molecule has 1 aliphatic rings. The van der Waals surface area contributed by atoms with Gasteiger partial charge in [0.15, 0.2) is 23.5 Å². The molecule has 11 heteroatoms. The maximum Gasteiger partial charge on any atom is 0.274 e. The third-order valence-corrected chi connectivity index (χ3v) is 4.12. The number of halogens is 1. The molecule has 0 aromatic carbocycles. The fourth-order valence-electron chi connectivity index (χ4n) is 2.67. The van der Waals surface area contributed by atoms with Crippen LogP contribution in [0.1, 0.15) is 27.7 Å². The van der Waals surface area contributed by atoms with E-state index in [4.69, 9.17) is 4.74 Å². The summed E-state index contributed by atoms with van der Waals surface area (Å²) in [5, 5.41) is 42.7. The number of aliphatic hydroxyl groups excluding tert-OH is 1. The van der Waals surface area contributed by atoms with E-state index in [9.17, 15) is 39.6 Å². The predicted octanol–water partition coefficient (Wildman–Crippen LogP) is -2.90. The zero-order valence-electron chi connectivity index (χ0n) is 13.9. The first-order valence-electron chi connectivity index (χ1n) is 7.15. The summed E-state index contributed by atoms with van der Waals surface area (Å²) in [6.45, 7) is 3.00. The number of Topliss-reactive ketones (excluding diaryl/α,β-unsaturated/α-hetero) is 3. The van der Waals surface area contributed by atoms with Gasteiger partial charge in [0.05, 0.1) is 0 Å². The molecular formula is C14H20FNO9. The standard InChI is InChI=1S/C14H20FNO9/c1-5(17)9(21)10-14(15,24)12(22,6(2)18)11(16-8(4)20)13(23,25-10)7(3)19/h9-11,21-24H,1-4H3,(H,16,20)/t9?,10-,11-,12-,13+,14+/m1/s1. The Kier molecular flexibility index (Phi) is 5.52. The van der Waals surface area contributed by atoms with Crippen LogP contribution in [0.2, 0.25) is 0 Å². The largest absolute Gasteiger partial charge is 0.382 e. The summed E-state index contributed by atoms with van der Waals surface area (Å²) < 4.78 is 19.7. The number of carbonyl (C=O) groups excluding carboxylic acids is 4. The highest BCUT2D eigenvalue weighted by Gasteiger charge is 2.75. The lowest BCUT2D eigenvalue weighted by atomic mass is 9.71. The molecule has 1 heterocycles. The van der Waals surface area contributed by atoms with Crippen LogP contribution in [-0.4, -0.2) is 79.2 Å². The molecule has 5 N–H and O–H groups in total. The van der Waals surface area contributed by atoms with Crippen LogP contribution in [-0.2, 0) is 23.9 Å². The van der Waals surface area contributed by atoms with E-state index in [2.05, 4.69) is 0 Å². The van der Waals surface area contributed by atoms with Gasteiger partial charge in [-0.05, 0) is 13.8 Å². The van der Waals surface area contributed by atoms with Crippen LogP contribution >= 0.6 is 0 Å². The average molecular weight is 365 g/mol. The van der Waals surface area contributed by atoms with Gasteiger partial charge in [0.25, 0.3) is 11.6 Å². The van der Waals surface area contributed by atoms with E-state index in [-0.39, 0.29) is 0 Å². The molecule has 1 unspecified atom stereocenters. The summed E-state index contributed by atoms with van der Waals surface area (Å²) in [4.78, 5) is 46.5. The summed E-state index contributed by atoms with van der Waals surface area (Å²) in [6.07, 6.45) is -5.14. The van der Waals surface area contributed by atoms with Gasteiger partial charge in [0, 0.05) is 13.8 Å². The Morgan fingerprint density at radius 3 is 1.84 bits per heavy atom. The Morgan fingerprint density at radius 2 is 1.52 bits per heavy atom. The Bertz CT molecular complexity index is 621. The Labute approximate surface area is 141 Å². The van der Waals surface area contributed by atoms with Crippen molar-refractivity contribution in [3.63, 3.8) is 0 Å². The van der Waals surface area contributed by atoms with Crippen molar-refractivity contribution in [3.8, 4) is 0 Å². The SMILES string of the molecule is CC(=O)N[C@H]1[C@](O)(C(C)=O)O[C@H](C(O)C(C)=O)[C@@](O)(F)[C@@]1(O)C(C)=O. The second-order valence-corrected chi connectivity index (χ2v) is 5.98. The normalized spacial score (nSPS) is 39.4. The van der Waals surface area contributed by atoms with E-state index in [0.29, 0.717) is 6.92 Å². The number of rotatable bonds is 5. The lowest BCUT2D eigenvalue weighted by molar-refractivity contribution is -0.386. The number of ether oxygens (including phenoxy) is 1. The molecule has 6 atom stereocenters. The molecule has 0 spiro atoms. The molecule has 1 fully saturated rings. The molecule has 0 bridgehead atoms. The molecule has 0 aromatic heterocycles. The van der Waals surface area contributed by atoms with Crippen molar-refractivity contribution >= 4 is 23.3 Å². The fourth-order valence-corrected chi connectivity index (χ4v) is 2.67. The van der Waals surface area contributed by atoms with E-state index < -0.39 is 58.7 Å². The summed E-state index contributed by atoms with van der Waals surface area (Å²) in [6, 6.07) is -2.46. The van der Waals surface area contributed by atoms with Gasteiger partial charge >= 0.3 is 0 Å². The smallest absolute Gasteiger partial charge is 0.274 e. The minimum atomic E-state index is -4.14. The van der Waals surface area contributed by atoms with E-state index in [0.717, 1.165) is 20.8 Å². The third-order valence-electron chi connectivity index (χ3n) is 4.12. The number of carbonyl (C=O) groups is 4. The first kappa shape index (κ1) is 21.3. The van der Waals surface area contributed by atoms with E-state index in [1.165, 1.54) is 0 Å². The van der Waals surface area contributed by atoms with Gasteiger partial charge in [0.1, 0.15) is 12.1 Å². The summed E-state index contributed by atoms with van der Waals surface area (Å²) >= 11 is 0. The van der Waals surface area contributed by atoms with Gasteiger partial charge in [-0.3, -0.25) is 19.2 Å². The zero-order valence-corrected chi connectivity index (χ0v) is 13.9. The Balaban J connectivity index is 3.74. The minimum absolute atomic E-state index is 0.614. The maximum atomic E-state index is 15.0. The number of nitrogens with one attached hydrogen (secondary N) is 1. The molecule has 1 saturated heterocycles. The summed E-state index contributed by atoms with van der Waals surface area (Å²) in [5.74, 6) is -12.3. The molecule has 0 aromatic rings. The van der Waals surface area contributed by atoms with Crippen molar-refractivity contribution in [2.75, 3.05) is 0 Å². The van der Waals surface area contributed by atoms with Crippen molar-refractivity contribution in [1.29, 1.82) is 0 Å². The summed E-state index contributed by atoms with van der Waals surface area (Å²) in [7, 11) is 0. The minimum Gasteiger partial charge on any atom is -0.382 e. The third kappa shape index (κ3) is 3.09. The van der Waals surface area contributed by atoms with Gasteiger partial charge < -0.3 is 30.5 Å². The van der Waals surface area contributed by atoms with Crippen LogP contribution in [0.4, 0.5) is 4.39 Å². The van der Waals surface area contributed by atoms with Crippen LogP contribution < -0.4 is 5.32 Å². The van der Waals surface area contributed by atoms with Crippen LogP contribution in [0, 0.1) is 0 Å². The summed E-state index contributed by atoms with van der Waals surface area (Å²) in [5.41, 5.74) is -3.61. The Morgan fingerprint density at radius 1 is 1.04 bits per heavy atom. The van der Waals surface area contributed by atoms with Crippen molar-refractivity contribution in [3.05, 3.63) is 0 Å². The number of ketones is 3. The number of amides is 1. The topological polar surface area (TPSA) is 170 Å². The van der Waals surface area contributed by atoms with E-state index in [1.54, 1.807) is 5.32 Å². The molecule has 0 radical (unpaired) electrons. The van der Waals surface area contributed by atoms with Crippen LogP contribution in [0.25, 0.3) is 0 Å². The van der Waals surface area contributed by atoms with Gasteiger partial charge in [-0.15, -0.1) is 0 Å². The molecular weight excluding hydrogens is 345 g/mol. The average Bonchev–Trinajstić information content (AvgIpc) is 2.46. The number of aliphatic hydroxyl groups is 4. The molecule has 0 aliphatic carbocycles. The quantitative estimate of drug-likeness (QED) is 0.343. The zero-order chi connectivity index (χ0) is 20.0. The van der Waals surface area contributed by atoms with Gasteiger partial charge in [0.2, 0.25) is 11.5 Å². The molecule has 1 aliphatic heterocycles. The number of alkyl halides is 1. The molecule has 1 amide bonds. The van der Waals surface area contributed by atoms with Gasteiger partial charge in [-0.25, -0.2) is 4.39 Å². The van der Waals surface area contributed by atoms with Crippen molar-refractivity contribution in [1.82, 2.24) is 5.32 Å². The predicted molar refractivity (Wildman–Crippen MR) is 76.5 cm³/mol. The van der Waals surface area contributed by atoms with Crippen LogP contribution in [0.5, 0.6) is 0 Å². The second-order valence-electron chi connectivity index (χ2n) is 5.98. The molecule has 10 nitrogen and oxygen atoms in total. The first-order chi connectivity index (χ1) is 11.1. The fraction of sp³-hybridized carbons (Fsp3) is 0.714. The van der Waals surface area contributed by atoms with Crippen molar-refractivity contribution < 1.29 is 48.7 Å². The highest BCUT2D eigenvalue weighted by Crippen LogP contribution is 2.45. The lowest BCUT2D eigenvalue weighted by Gasteiger charge is -2.54. The van der Waals surface area contributed by atoms with E-state index in [1.807, 2.05) is 0 Å². The van der Waals surface area contributed by atoms with Crippen molar-refractivity contribution in [2.24, 2.45) is 0 Å². The first-order valence-corrected chi connectivity index (χ1v) is 7.15. The highest BCUT2D eigenvalue weighted by atomic mass is 19.2. The van der Waals surface area contributed by atoms with Gasteiger partial charge in [-0.2, -0.15) is 0 Å². The molecule has 1 rings (SSSR count). The highest BCUT2D eigenvalue weighted by molar-refractivity contribution is 5.93. The molecule has 142 valence electrons. The Hall–Kier alpha value is -1.79. The monoisotopic (exact) mass is 365 g/mol.